The maximum Gasteiger partial charge on any atom is 0.323 e. The van der Waals surface area contributed by atoms with Crippen LogP contribution < -0.4 is 0 Å². The Morgan fingerprint density at radius 1 is 1.29 bits per heavy atom. The number of hydrogen-bond acceptors (Lipinski definition) is 5. The summed E-state index contributed by atoms with van der Waals surface area (Å²) >= 11 is 0. The quantitative estimate of drug-likeness (QED) is 0.705. The molecule has 1 N–H and O–H groups in total. The molecule has 17 heavy (non-hydrogen) atoms. The lowest BCUT2D eigenvalue weighted by Crippen LogP contribution is -2.42. The third kappa shape index (κ3) is 3.39. The lowest BCUT2D eigenvalue weighted by Gasteiger charge is -2.21. The summed E-state index contributed by atoms with van der Waals surface area (Å²) in [6.07, 6.45) is 0.202. The van der Waals surface area contributed by atoms with Crippen LogP contribution in [0.2, 0.25) is 0 Å². The molecule has 1 heterocycles. The van der Waals surface area contributed by atoms with E-state index in [1.165, 1.54) is 0 Å². The van der Waals surface area contributed by atoms with E-state index in [-0.39, 0.29) is 31.0 Å². The SMILES string of the molecule is CC(C(=O)O)S(=O)(=O)N1CCCS(=O)(=O)CC1. The van der Waals surface area contributed by atoms with Gasteiger partial charge in [0.15, 0.2) is 15.1 Å². The molecule has 100 valence electrons. The van der Waals surface area contributed by atoms with Gasteiger partial charge in [0.05, 0.1) is 11.5 Å². The first-order valence-corrected chi connectivity index (χ1v) is 8.41. The Morgan fingerprint density at radius 3 is 2.41 bits per heavy atom. The van der Waals surface area contributed by atoms with Crippen LogP contribution in [-0.2, 0) is 24.7 Å². The predicted molar refractivity (Wildman–Crippen MR) is 60.9 cm³/mol. The van der Waals surface area contributed by atoms with E-state index in [1.54, 1.807) is 0 Å². The topological polar surface area (TPSA) is 109 Å². The van der Waals surface area contributed by atoms with Crippen molar-refractivity contribution in [3.63, 3.8) is 0 Å². The maximum absolute atomic E-state index is 11.8. The minimum Gasteiger partial charge on any atom is -0.480 e. The second-order valence-corrected chi connectivity index (χ2v) is 8.49. The molecule has 1 saturated heterocycles. The molecule has 0 bridgehead atoms. The Bertz CT molecular complexity index is 494. The van der Waals surface area contributed by atoms with Crippen LogP contribution >= 0.6 is 0 Å². The first-order valence-electron chi connectivity index (χ1n) is 5.09. The fraction of sp³-hybridized carbons (Fsp3) is 0.875. The van der Waals surface area contributed by atoms with Gasteiger partial charge in [0, 0.05) is 13.1 Å². The number of sulfonamides is 1. The van der Waals surface area contributed by atoms with E-state index in [0.29, 0.717) is 0 Å². The van der Waals surface area contributed by atoms with Crippen molar-refractivity contribution in [3.8, 4) is 0 Å². The first-order chi connectivity index (χ1) is 7.67. The van der Waals surface area contributed by atoms with Gasteiger partial charge in [-0.1, -0.05) is 0 Å². The normalized spacial score (nSPS) is 23.8. The number of rotatable bonds is 3. The summed E-state index contributed by atoms with van der Waals surface area (Å²) in [6.45, 7) is 0.971. The van der Waals surface area contributed by atoms with Gasteiger partial charge in [-0.05, 0) is 13.3 Å². The van der Waals surface area contributed by atoms with Crippen molar-refractivity contribution in [1.29, 1.82) is 0 Å². The maximum atomic E-state index is 11.8. The second kappa shape index (κ2) is 4.91. The summed E-state index contributed by atoms with van der Waals surface area (Å²) < 4.78 is 47.3. The summed E-state index contributed by atoms with van der Waals surface area (Å²) in [5.74, 6) is -1.74. The zero-order valence-electron chi connectivity index (χ0n) is 9.37. The van der Waals surface area contributed by atoms with Crippen LogP contribution in [0.1, 0.15) is 13.3 Å². The highest BCUT2D eigenvalue weighted by Crippen LogP contribution is 2.14. The van der Waals surface area contributed by atoms with Crippen LogP contribution in [0.15, 0.2) is 0 Å². The summed E-state index contributed by atoms with van der Waals surface area (Å²) in [6, 6.07) is 0. The van der Waals surface area contributed by atoms with Crippen LogP contribution in [0.4, 0.5) is 0 Å². The molecule has 1 fully saturated rings. The number of carbonyl (C=O) groups is 1. The van der Waals surface area contributed by atoms with Crippen LogP contribution in [0.3, 0.4) is 0 Å². The highest BCUT2D eigenvalue weighted by Gasteiger charge is 2.35. The van der Waals surface area contributed by atoms with Crippen molar-refractivity contribution >= 4 is 25.8 Å². The van der Waals surface area contributed by atoms with Crippen molar-refractivity contribution in [2.24, 2.45) is 0 Å². The zero-order valence-corrected chi connectivity index (χ0v) is 11.0. The van der Waals surface area contributed by atoms with E-state index in [0.717, 1.165) is 11.2 Å². The minimum atomic E-state index is -3.97. The number of hydrogen-bond donors (Lipinski definition) is 1. The van der Waals surface area contributed by atoms with Gasteiger partial charge in [-0.3, -0.25) is 4.79 Å². The molecule has 0 aliphatic carbocycles. The Kier molecular flexibility index (Phi) is 4.15. The summed E-state index contributed by atoms with van der Waals surface area (Å²) in [5.41, 5.74) is 0. The lowest BCUT2D eigenvalue weighted by atomic mass is 10.5. The van der Waals surface area contributed by atoms with E-state index in [1.807, 2.05) is 0 Å². The molecule has 0 aromatic carbocycles. The highest BCUT2D eigenvalue weighted by molar-refractivity contribution is 7.92. The van der Waals surface area contributed by atoms with E-state index in [4.69, 9.17) is 5.11 Å². The number of sulfone groups is 1. The van der Waals surface area contributed by atoms with Gasteiger partial charge in [0.1, 0.15) is 0 Å². The van der Waals surface area contributed by atoms with Gasteiger partial charge in [-0.15, -0.1) is 0 Å². The molecule has 0 radical (unpaired) electrons. The van der Waals surface area contributed by atoms with Crippen molar-refractivity contribution in [2.75, 3.05) is 24.6 Å². The number of nitrogens with zero attached hydrogens (tertiary/aromatic N) is 1. The second-order valence-electron chi connectivity index (χ2n) is 3.93. The van der Waals surface area contributed by atoms with Gasteiger partial charge in [0.2, 0.25) is 10.0 Å². The number of carboxylic acid groups (broad SMARTS) is 1. The molecule has 0 amide bonds. The molecule has 1 aliphatic heterocycles. The molecule has 0 aromatic rings. The smallest absolute Gasteiger partial charge is 0.323 e. The molecular weight excluding hydrogens is 270 g/mol. The summed E-state index contributed by atoms with van der Waals surface area (Å²) in [4.78, 5) is 10.7. The third-order valence-electron chi connectivity index (χ3n) is 2.67. The van der Waals surface area contributed by atoms with Gasteiger partial charge in [0.25, 0.3) is 0 Å². The molecular formula is C8H15NO6S2. The van der Waals surface area contributed by atoms with Gasteiger partial charge < -0.3 is 5.11 Å². The van der Waals surface area contributed by atoms with Crippen LogP contribution in [0.25, 0.3) is 0 Å². The van der Waals surface area contributed by atoms with Crippen LogP contribution in [-0.4, -0.2) is 62.1 Å². The van der Waals surface area contributed by atoms with Crippen molar-refractivity contribution in [3.05, 3.63) is 0 Å². The summed E-state index contributed by atoms with van der Waals surface area (Å²) in [5, 5.41) is 7.14. The molecule has 0 spiro atoms. The van der Waals surface area contributed by atoms with Crippen LogP contribution in [0, 0.1) is 0 Å². The van der Waals surface area contributed by atoms with Gasteiger partial charge in [-0.25, -0.2) is 21.1 Å². The van der Waals surface area contributed by atoms with E-state index < -0.39 is 31.1 Å². The third-order valence-corrected chi connectivity index (χ3v) is 6.56. The molecule has 1 rings (SSSR count). The molecule has 1 unspecified atom stereocenters. The van der Waals surface area contributed by atoms with Crippen molar-refractivity contribution in [1.82, 2.24) is 4.31 Å². The van der Waals surface area contributed by atoms with E-state index in [2.05, 4.69) is 0 Å². The Hall–Kier alpha value is -0.670. The zero-order chi connectivity index (χ0) is 13.3. The molecule has 9 heteroatoms. The monoisotopic (exact) mass is 285 g/mol. The van der Waals surface area contributed by atoms with Gasteiger partial charge >= 0.3 is 5.97 Å². The average molecular weight is 285 g/mol. The average Bonchev–Trinajstić information content (AvgIpc) is 2.38. The molecule has 7 nitrogen and oxygen atoms in total. The Balaban J connectivity index is 2.91. The summed E-state index contributed by atoms with van der Waals surface area (Å²) in [7, 11) is -7.18. The molecule has 0 aromatic heterocycles. The molecule has 1 atom stereocenters. The number of carboxylic acids is 1. The fourth-order valence-corrected chi connectivity index (χ4v) is 4.34. The largest absolute Gasteiger partial charge is 0.480 e. The van der Waals surface area contributed by atoms with Crippen LogP contribution in [0.5, 0.6) is 0 Å². The predicted octanol–water partition coefficient (Wildman–Crippen LogP) is -1.09. The van der Waals surface area contributed by atoms with E-state index in [9.17, 15) is 21.6 Å². The highest BCUT2D eigenvalue weighted by atomic mass is 32.2. The van der Waals surface area contributed by atoms with Crippen molar-refractivity contribution in [2.45, 2.75) is 18.6 Å². The first kappa shape index (κ1) is 14.4. The lowest BCUT2D eigenvalue weighted by molar-refractivity contribution is -0.136. The minimum absolute atomic E-state index is 0.0547. The van der Waals surface area contributed by atoms with Crippen molar-refractivity contribution < 1.29 is 26.7 Å². The standard InChI is InChI=1S/C8H15NO6S2/c1-7(8(10)11)17(14,15)9-3-2-5-16(12,13)6-4-9/h7H,2-6H2,1H3,(H,10,11). The molecule has 0 saturated carbocycles. The Labute approximate surface area is 100 Å². The molecule has 1 aliphatic rings. The van der Waals surface area contributed by atoms with Gasteiger partial charge in [-0.2, -0.15) is 0 Å². The fourth-order valence-electron chi connectivity index (χ4n) is 1.52. The number of aliphatic carboxylic acids is 1. The van der Waals surface area contributed by atoms with E-state index >= 15 is 0 Å². The Morgan fingerprint density at radius 2 is 1.88 bits per heavy atom.